The van der Waals surface area contributed by atoms with Gasteiger partial charge in [0, 0.05) is 30.4 Å². The number of pyridine rings is 1. The number of carbonyl (C=O) groups excluding carboxylic acids is 1. The Labute approximate surface area is 124 Å². The fourth-order valence-electron chi connectivity index (χ4n) is 2.76. The second kappa shape index (κ2) is 5.35. The van der Waals surface area contributed by atoms with Crippen molar-refractivity contribution in [2.24, 2.45) is 11.8 Å². The van der Waals surface area contributed by atoms with Crippen molar-refractivity contribution >= 4 is 22.6 Å². The third-order valence-electron chi connectivity index (χ3n) is 4.35. The molecule has 3 rings (SSSR count). The van der Waals surface area contributed by atoms with Crippen LogP contribution in [0.5, 0.6) is 0 Å². The van der Waals surface area contributed by atoms with E-state index in [1.54, 1.807) is 12.3 Å². The Morgan fingerprint density at radius 1 is 1.33 bits per heavy atom. The molecule has 0 saturated carbocycles. The van der Waals surface area contributed by atoms with Crippen LogP contribution in [0.25, 0.3) is 10.9 Å². The summed E-state index contributed by atoms with van der Waals surface area (Å²) >= 11 is 0. The van der Waals surface area contributed by atoms with Crippen molar-refractivity contribution in [1.29, 1.82) is 0 Å². The maximum absolute atomic E-state index is 11.9. The van der Waals surface area contributed by atoms with E-state index in [9.17, 15) is 4.79 Å². The smallest absolute Gasteiger partial charge is 0.338 e. The second-order valence-electron chi connectivity index (χ2n) is 5.96. The molecule has 1 aliphatic rings. The zero-order valence-electron chi connectivity index (χ0n) is 12.7. The highest BCUT2D eigenvalue weighted by Gasteiger charge is 2.29. The summed E-state index contributed by atoms with van der Waals surface area (Å²) in [5, 5.41) is 0.856. The first kappa shape index (κ1) is 13.9. The minimum absolute atomic E-state index is 0.316. The highest BCUT2D eigenvalue weighted by atomic mass is 16.5. The highest BCUT2D eigenvalue weighted by Crippen LogP contribution is 2.31. The van der Waals surface area contributed by atoms with Crippen molar-refractivity contribution in [3.63, 3.8) is 0 Å². The molecule has 0 unspecified atom stereocenters. The normalized spacial score (nSPS) is 15.3. The molecule has 4 nitrogen and oxygen atoms in total. The Bertz CT molecular complexity index is 676. The maximum atomic E-state index is 11.9. The van der Waals surface area contributed by atoms with E-state index in [2.05, 4.69) is 29.8 Å². The van der Waals surface area contributed by atoms with Gasteiger partial charge in [-0.15, -0.1) is 0 Å². The summed E-state index contributed by atoms with van der Waals surface area (Å²) in [4.78, 5) is 18.5. The lowest BCUT2D eigenvalue weighted by Crippen LogP contribution is -2.49. The molecule has 1 aromatic heterocycles. The summed E-state index contributed by atoms with van der Waals surface area (Å²) in [6.07, 6.45) is 1.65. The molecule has 0 amide bonds. The molecule has 0 spiro atoms. The van der Waals surface area contributed by atoms with Crippen LogP contribution >= 0.6 is 0 Å². The quantitative estimate of drug-likeness (QED) is 0.812. The zero-order chi connectivity index (χ0) is 15.0. The zero-order valence-corrected chi connectivity index (χ0v) is 12.7. The number of aromatic nitrogens is 1. The Morgan fingerprint density at radius 3 is 2.76 bits per heavy atom. The van der Waals surface area contributed by atoms with E-state index in [-0.39, 0.29) is 5.97 Å². The number of nitrogens with zero attached hydrogens (tertiary/aromatic N) is 2. The van der Waals surface area contributed by atoms with E-state index in [4.69, 9.17) is 4.74 Å². The van der Waals surface area contributed by atoms with Gasteiger partial charge in [-0.3, -0.25) is 4.98 Å². The van der Waals surface area contributed by atoms with Gasteiger partial charge in [-0.2, -0.15) is 0 Å². The molecule has 1 fully saturated rings. The fourth-order valence-corrected chi connectivity index (χ4v) is 2.76. The molecule has 21 heavy (non-hydrogen) atoms. The number of hydrogen-bond donors (Lipinski definition) is 0. The summed E-state index contributed by atoms with van der Waals surface area (Å²) in [5.74, 6) is 1.16. The first-order valence-electron chi connectivity index (χ1n) is 7.32. The van der Waals surface area contributed by atoms with Gasteiger partial charge >= 0.3 is 5.97 Å². The number of hydrogen-bond acceptors (Lipinski definition) is 4. The average molecular weight is 284 g/mol. The van der Waals surface area contributed by atoms with Gasteiger partial charge in [-0.1, -0.05) is 13.8 Å². The molecular formula is C17H20N2O2. The van der Waals surface area contributed by atoms with E-state index in [1.807, 2.05) is 12.1 Å². The molecule has 1 saturated heterocycles. The summed E-state index contributed by atoms with van der Waals surface area (Å²) in [6.45, 7) is 6.69. The highest BCUT2D eigenvalue weighted by molar-refractivity contribution is 6.04. The van der Waals surface area contributed by atoms with Gasteiger partial charge < -0.3 is 9.64 Å². The van der Waals surface area contributed by atoms with Gasteiger partial charge in [0.25, 0.3) is 0 Å². The van der Waals surface area contributed by atoms with Crippen LogP contribution in [0.1, 0.15) is 24.2 Å². The topological polar surface area (TPSA) is 42.4 Å². The van der Waals surface area contributed by atoms with Crippen molar-refractivity contribution in [2.45, 2.75) is 13.8 Å². The van der Waals surface area contributed by atoms with Crippen LogP contribution < -0.4 is 4.90 Å². The van der Waals surface area contributed by atoms with E-state index in [1.165, 1.54) is 7.11 Å². The third kappa shape index (κ3) is 2.46. The van der Waals surface area contributed by atoms with Crippen molar-refractivity contribution in [1.82, 2.24) is 4.98 Å². The van der Waals surface area contributed by atoms with Gasteiger partial charge in [-0.25, -0.2) is 4.79 Å². The minimum atomic E-state index is -0.316. The number of anilines is 1. The molecule has 2 heterocycles. The molecule has 0 radical (unpaired) electrons. The maximum Gasteiger partial charge on any atom is 0.338 e. The van der Waals surface area contributed by atoms with Gasteiger partial charge in [0.05, 0.1) is 18.2 Å². The fraction of sp³-hybridized carbons (Fsp3) is 0.412. The second-order valence-corrected chi connectivity index (χ2v) is 5.96. The lowest BCUT2D eigenvalue weighted by molar-refractivity contribution is 0.0603. The largest absolute Gasteiger partial charge is 0.465 e. The van der Waals surface area contributed by atoms with E-state index in [0.717, 1.165) is 35.6 Å². The van der Waals surface area contributed by atoms with Crippen LogP contribution in [0.2, 0.25) is 0 Å². The standard InChI is InChI=1S/C17H20N2O2/c1-11(2)12-9-19(10-12)13-4-5-16-15(8-13)14(6-7-18-16)17(20)21-3/h4-8,11-12H,9-10H2,1-3H3. The van der Waals surface area contributed by atoms with Crippen molar-refractivity contribution in [3.8, 4) is 0 Å². The summed E-state index contributed by atoms with van der Waals surface area (Å²) < 4.78 is 4.85. The molecule has 2 aromatic rings. The Kier molecular flexibility index (Phi) is 3.53. The molecule has 110 valence electrons. The summed E-state index contributed by atoms with van der Waals surface area (Å²) in [5.41, 5.74) is 2.55. The van der Waals surface area contributed by atoms with Crippen molar-refractivity contribution in [2.75, 3.05) is 25.1 Å². The van der Waals surface area contributed by atoms with E-state index in [0.29, 0.717) is 11.5 Å². The SMILES string of the molecule is COC(=O)c1ccnc2ccc(N3CC(C(C)C)C3)cc12. The predicted octanol–water partition coefficient (Wildman–Crippen LogP) is 3.11. The molecule has 4 heteroatoms. The van der Waals surface area contributed by atoms with E-state index >= 15 is 0 Å². The van der Waals surface area contributed by atoms with Gasteiger partial charge in [0.2, 0.25) is 0 Å². The summed E-state index contributed by atoms with van der Waals surface area (Å²) in [6, 6.07) is 7.81. The predicted molar refractivity (Wildman–Crippen MR) is 83.6 cm³/mol. The number of rotatable bonds is 3. The van der Waals surface area contributed by atoms with Crippen molar-refractivity contribution < 1.29 is 9.53 Å². The van der Waals surface area contributed by atoms with Crippen LogP contribution in [0.3, 0.4) is 0 Å². The molecule has 0 bridgehead atoms. The lowest BCUT2D eigenvalue weighted by atomic mass is 9.88. The molecule has 1 aliphatic heterocycles. The van der Waals surface area contributed by atoms with Crippen LogP contribution in [0, 0.1) is 11.8 Å². The minimum Gasteiger partial charge on any atom is -0.465 e. The number of carbonyl (C=O) groups is 1. The number of fused-ring (bicyclic) bond motifs is 1. The van der Waals surface area contributed by atoms with Crippen LogP contribution in [-0.2, 0) is 4.74 Å². The Hall–Kier alpha value is -2.10. The summed E-state index contributed by atoms with van der Waals surface area (Å²) in [7, 11) is 1.40. The van der Waals surface area contributed by atoms with Gasteiger partial charge in [0.15, 0.2) is 0 Å². The first-order chi connectivity index (χ1) is 10.1. The van der Waals surface area contributed by atoms with Crippen LogP contribution in [-0.4, -0.2) is 31.2 Å². The van der Waals surface area contributed by atoms with Crippen molar-refractivity contribution in [3.05, 3.63) is 36.0 Å². The van der Waals surface area contributed by atoms with Gasteiger partial charge in [-0.05, 0) is 36.1 Å². The molecule has 0 aliphatic carbocycles. The Morgan fingerprint density at radius 2 is 2.10 bits per heavy atom. The average Bonchev–Trinajstić information content (AvgIpc) is 2.43. The van der Waals surface area contributed by atoms with E-state index < -0.39 is 0 Å². The van der Waals surface area contributed by atoms with Crippen LogP contribution in [0.15, 0.2) is 30.5 Å². The molecule has 1 aromatic carbocycles. The number of methoxy groups -OCH3 is 1. The number of ether oxygens (including phenoxy) is 1. The van der Waals surface area contributed by atoms with Gasteiger partial charge in [0.1, 0.15) is 0 Å². The Balaban J connectivity index is 1.94. The van der Waals surface area contributed by atoms with Crippen LogP contribution in [0.4, 0.5) is 5.69 Å². The number of benzene rings is 1. The number of esters is 1. The lowest BCUT2D eigenvalue weighted by Gasteiger charge is -2.43. The molecule has 0 N–H and O–H groups in total. The first-order valence-corrected chi connectivity index (χ1v) is 7.32. The molecular weight excluding hydrogens is 264 g/mol. The molecule has 0 atom stereocenters. The monoisotopic (exact) mass is 284 g/mol. The third-order valence-corrected chi connectivity index (χ3v) is 4.35.